The minimum atomic E-state index is -4.41. The van der Waals surface area contributed by atoms with Crippen molar-refractivity contribution in [1.82, 2.24) is 10.2 Å². The normalized spacial score (nSPS) is 15.0. The first-order valence-electron chi connectivity index (χ1n) is 8.92. The highest BCUT2D eigenvalue weighted by Gasteiger charge is 2.29. The summed E-state index contributed by atoms with van der Waals surface area (Å²) in [5, 5.41) is 2.73. The number of carbonyl (C=O) groups excluding carboxylic acids is 3. The zero-order valence-electron chi connectivity index (χ0n) is 15.7. The Morgan fingerprint density at radius 3 is 2.31 bits per heavy atom. The molecule has 0 aliphatic carbocycles. The molecule has 160 valence electrons. The van der Waals surface area contributed by atoms with Crippen LogP contribution in [0, 0.1) is 0 Å². The van der Waals surface area contributed by atoms with Gasteiger partial charge in [0.2, 0.25) is 0 Å². The minimum absolute atomic E-state index is 0.0482. The van der Waals surface area contributed by atoms with E-state index in [2.05, 4.69) is 5.32 Å². The Kier molecular flexibility index (Phi) is 8.18. The highest BCUT2D eigenvalue weighted by atomic mass is 32.2. The van der Waals surface area contributed by atoms with Gasteiger partial charge in [-0.15, -0.1) is 0 Å². The molecule has 0 aromatic heterocycles. The molecule has 0 unspecified atom stereocenters. The molecule has 2 rings (SSSR count). The molecule has 7 nitrogen and oxygen atoms in total. The van der Waals surface area contributed by atoms with Crippen molar-refractivity contribution in [3.05, 3.63) is 29.8 Å². The molecule has 2 amide bonds. The van der Waals surface area contributed by atoms with E-state index in [1.807, 2.05) is 0 Å². The molecule has 1 aliphatic rings. The number of carbonyl (C=O) groups is 3. The van der Waals surface area contributed by atoms with E-state index in [9.17, 15) is 27.6 Å². The van der Waals surface area contributed by atoms with Crippen molar-refractivity contribution in [2.75, 3.05) is 26.3 Å². The maximum absolute atomic E-state index is 12.3. The summed E-state index contributed by atoms with van der Waals surface area (Å²) in [5.74, 6) is -1.29. The quantitative estimate of drug-likeness (QED) is 0.547. The SMILES string of the molecule is CCOC(=O)N1CCC(NC(=O)COC(=O)c2ccc(SC(F)(F)F)cc2)CC1. The lowest BCUT2D eigenvalue weighted by atomic mass is 10.1. The number of nitrogens with one attached hydrogen (secondary N) is 1. The molecule has 1 heterocycles. The highest BCUT2D eigenvalue weighted by molar-refractivity contribution is 8.00. The number of rotatable bonds is 6. The molecule has 11 heteroatoms. The highest BCUT2D eigenvalue weighted by Crippen LogP contribution is 2.36. The Hall–Kier alpha value is -2.43. The average molecular weight is 434 g/mol. The molecule has 0 bridgehead atoms. The monoisotopic (exact) mass is 434 g/mol. The Labute approximate surface area is 169 Å². The Balaban J connectivity index is 1.72. The summed E-state index contributed by atoms with van der Waals surface area (Å²) in [6.45, 7) is 2.42. The predicted molar refractivity (Wildman–Crippen MR) is 98.4 cm³/mol. The molecule has 0 spiro atoms. The number of halogens is 3. The largest absolute Gasteiger partial charge is 0.452 e. The molecule has 1 fully saturated rings. The second-order valence-corrected chi connectivity index (χ2v) is 7.31. The Morgan fingerprint density at radius 2 is 1.76 bits per heavy atom. The Morgan fingerprint density at radius 1 is 1.14 bits per heavy atom. The fraction of sp³-hybridized carbons (Fsp3) is 0.500. The van der Waals surface area contributed by atoms with Gasteiger partial charge in [-0.3, -0.25) is 4.79 Å². The van der Waals surface area contributed by atoms with Gasteiger partial charge in [-0.05, 0) is 55.8 Å². The van der Waals surface area contributed by atoms with Crippen molar-refractivity contribution < 1.29 is 37.0 Å². The summed E-state index contributed by atoms with van der Waals surface area (Å²) < 4.78 is 46.7. The van der Waals surface area contributed by atoms with Crippen molar-refractivity contribution >= 4 is 29.7 Å². The molecule has 1 aromatic carbocycles. The van der Waals surface area contributed by atoms with Gasteiger partial charge in [0, 0.05) is 24.0 Å². The Bertz CT molecular complexity index is 719. The van der Waals surface area contributed by atoms with E-state index >= 15 is 0 Å². The van der Waals surface area contributed by atoms with E-state index in [1.54, 1.807) is 11.8 Å². The molecular weight excluding hydrogens is 413 g/mol. The topological polar surface area (TPSA) is 84.9 Å². The number of piperidine rings is 1. The van der Waals surface area contributed by atoms with E-state index in [0.29, 0.717) is 32.5 Å². The van der Waals surface area contributed by atoms with Crippen LogP contribution in [-0.2, 0) is 14.3 Å². The summed E-state index contributed by atoms with van der Waals surface area (Å²) >= 11 is -0.285. The number of nitrogens with zero attached hydrogens (tertiary/aromatic N) is 1. The van der Waals surface area contributed by atoms with Crippen LogP contribution in [0.4, 0.5) is 18.0 Å². The number of hydrogen-bond donors (Lipinski definition) is 1. The maximum atomic E-state index is 12.3. The van der Waals surface area contributed by atoms with Crippen molar-refractivity contribution in [1.29, 1.82) is 0 Å². The van der Waals surface area contributed by atoms with Crippen LogP contribution in [0.1, 0.15) is 30.1 Å². The zero-order valence-corrected chi connectivity index (χ0v) is 16.5. The summed E-state index contributed by atoms with van der Waals surface area (Å²) in [6, 6.07) is 4.59. The van der Waals surface area contributed by atoms with Gasteiger partial charge in [-0.25, -0.2) is 9.59 Å². The smallest absolute Gasteiger partial charge is 0.446 e. The van der Waals surface area contributed by atoms with Gasteiger partial charge in [0.05, 0.1) is 12.2 Å². The van der Waals surface area contributed by atoms with Gasteiger partial charge in [-0.1, -0.05) is 0 Å². The summed E-state index contributed by atoms with van der Waals surface area (Å²) in [6.07, 6.45) is 0.721. The van der Waals surface area contributed by atoms with Gasteiger partial charge in [0.1, 0.15) is 0 Å². The first-order valence-corrected chi connectivity index (χ1v) is 9.73. The molecule has 0 saturated carbocycles. The number of esters is 1. The first kappa shape index (κ1) is 22.9. The molecule has 29 heavy (non-hydrogen) atoms. The second-order valence-electron chi connectivity index (χ2n) is 6.18. The molecule has 1 aromatic rings. The van der Waals surface area contributed by atoms with Crippen LogP contribution in [0.25, 0.3) is 0 Å². The average Bonchev–Trinajstić information content (AvgIpc) is 2.66. The van der Waals surface area contributed by atoms with E-state index in [0.717, 1.165) is 12.1 Å². The van der Waals surface area contributed by atoms with Gasteiger partial charge < -0.3 is 19.7 Å². The van der Waals surface area contributed by atoms with E-state index < -0.39 is 24.0 Å². The minimum Gasteiger partial charge on any atom is -0.452 e. The van der Waals surface area contributed by atoms with Crippen LogP contribution >= 0.6 is 11.8 Å². The van der Waals surface area contributed by atoms with Gasteiger partial charge in [0.15, 0.2) is 6.61 Å². The summed E-state index contributed by atoms with van der Waals surface area (Å²) in [4.78, 5) is 37.0. The number of likely N-dealkylation sites (tertiary alicyclic amines) is 1. The third kappa shape index (κ3) is 7.84. The lowest BCUT2D eigenvalue weighted by Crippen LogP contribution is -2.47. The molecular formula is C18H21F3N2O5S. The molecule has 0 atom stereocenters. The number of ether oxygens (including phenoxy) is 2. The summed E-state index contributed by atoms with van der Waals surface area (Å²) in [7, 11) is 0. The third-order valence-corrected chi connectivity index (χ3v) is 4.78. The van der Waals surface area contributed by atoms with Crippen molar-refractivity contribution in [2.45, 2.75) is 36.2 Å². The van der Waals surface area contributed by atoms with E-state index in [1.165, 1.54) is 12.1 Å². The molecule has 0 radical (unpaired) electrons. The van der Waals surface area contributed by atoms with Crippen molar-refractivity contribution in [3.8, 4) is 0 Å². The fourth-order valence-corrected chi connectivity index (χ4v) is 3.24. The van der Waals surface area contributed by atoms with E-state index in [-0.39, 0.29) is 34.4 Å². The van der Waals surface area contributed by atoms with Crippen LogP contribution in [0.2, 0.25) is 0 Å². The zero-order chi connectivity index (χ0) is 21.4. The third-order valence-electron chi connectivity index (χ3n) is 4.04. The van der Waals surface area contributed by atoms with Crippen LogP contribution in [0.15, 0.2) is 29.2 Å². The van der Waals surface area contributed by atoms with Crippen LogP contribution in [0.3, 0.4) is 0 Å². The van der Waals surface area contributed by atoms with E-state index in [4.69, 9.17) is 9.47 Å². The van der Waals surface area contributed by atoms with Crippen LogP contribution in [0.5, 0.6) is 0 Å². The number of hydrogen-bond acceptors (Lipinski definition) is 6. The van der Waals surface area contributed by atoms with Gasteiger partial charge in [-0.2, -0.15) is 13.2 Å². The second kappa shape index (κ2) is 10.4. The van der Waals surface area contributed by atoms with Gasteiger partial charge in [0.25, 0.3) is 5.91 Å². The lowest BCUT2D eigenvalue weighted by molar-refractivity contribution is -0.125. The van der Waals surface area contributed by atoms with Gasteiger partial charge >= 0.3 is 17.6 Å². The van der Waals surface area contributed by atoms with Crippen molar-refractivity contribution in [2.24, 2.45) is 0 Å². The summed E-state index contributed by atoms with van der Waals surface area (Å²) in [5.41, 5.74) is -4.36. The number of alkyl halides is 3. The van der Waals surface area contributed by atoms with Crippen LogP contribution < -0.4 is 5.32 Å². The maximum Gasteiger partial charge on any atom is 0.446 e. The predicted octanol–water partition coefficient (Wildman–Crippen LogP) is 3.19. The van der Waals surface area contributed by atoms with Crippen molar-refractivity contribution in [3.63, 3.8) is 0 Å². The lowest BCUT2D eigenvalue weighted by Gasteiger charge is -2.31. The number of thioether (sulfide) groups is 1. The number of amides is 2. The van der Waals surface area contributed by atoms with Crippen LogP contribution in [-0.4, -0.2) is 60.7 Å². The first-order chi connectivity index (χ1) is 13.7. The molecule has 1 N–H and O–H groups in total. The fourth-order valence-electron chi connectivity index (χ4n) is 2.70. The standard InChI is InChI=1S/C18H21F3N2O5S/c1-2-27-17(26)23-9-7-13(8-10-23)22-15(24)11-28-16(25)12-3-5-14(6-4-12)29-18(19,20)21/h3-6,13H,2,7-11H2,1H3,(H,22,24). The number of benzene rings is 1. The molecule has 1 aliphatic heterocycles. The molecule has 1 saturated heterocycles.